The Balaban J connectivity index is 1.59. The van der Waals surface area contributed by atoms with Gasteiger partial charge in [-0.1, -0.05) is 0 Å². The molecule has 2 saturated carbocycles. The van der Waals surface area contributed by atoms with Gasteiger partial charge in [0.25, 0.3) is 5.91 Å². The highest BCUT2D eigenvalue weighted by Gasteiger charge is 2.51. The molecule has 1 amide bonds. The Morgan fingerprint density at radius 1 is 1.52 bits per heavy atom. The van der Waals surface area contributed by atoms with E-state index in [1.807, 2.05) is 0 Å². The molecule has 3 aliphatic carbocycles. The minimum Gasteiger partial charge on any atom is -0.619 e. The summed E-state index contributed by atoms with van der Waals surface area (Å²) in [6.45, 7) is 2.05. The summed E-state index contributed by atoms with van der Waals surface area (Å²) < 4.78 is 2.41. The van der Waals surface area contributed by atoms with Gasteiger partial charge in [0.2, 0.25) is 12.0 Å². The first-order valence-electron chi connectivity index (χ1n) is 8.04. The minimum atomic E-state index is -0.104. The van der Waals surface area contributed by atoms with Crippen LogP contribution in [0.1, 0.15) is 53.8 Å². The summed E-state index contributed by atoms with van der Waals surface area (Å²) >= 11 is 0. The van der Waals surface area contributed by atoms with E-state index in [1.54, 1.807) is 4.68 Å². The quantitative estimate of drug-likeness (QED) is 0.672. The van der Waals surface area contributed by atoms with E-state index in [2.05, 4.69) is 22.3 Å². The molecule has 0 radical (unpaired) electrons. The van der Waals surface area contributed by atoms with Gasteiger partial charge < -0.3 is 10.5 Å². The second kappa shape index (κ2) is 4.10. The van der Waals surface area contributed by atoms with Gasteiger partial charge in [-0.2, -0.15) is 9.83 Å². The number of amides is 1. The van der Waals surface area contributed by atoms with E-state index in [4.69, 9.17) is 0 Å². The molecule has 0 aliphatic heterocycles. The Morgan fingerprint density at radius 3 is 3.09 bits per heavy atom. The minimum absolute atomic E-state index is 0.0711. The molecule has 0 saturated heterocycles. The van der Waals surface area contributed by atoms with E-state index in [9.17, 15) is 10.0 Å². The molecule has 7 heteroatoms. The van der Waals surface area contributed by atoms with Gasteiger partial charge in [0.05, 0.1) is 11.9 Å². The summed E-state index contributed by atoms with van der Waals surface area (Å²) in [6.07, 6.45) is 8.28. The summed E-state index contributed by atoms with van der Waals surface area (Å²) in [5.74, 6) is 1.45. The lowest BCUT2D eigenvalue weighted by Gasteiger charge is -2.10. The van der Waals surface area contributed by atoms with Crippen LogP contribution in [0, 0.1) is 11.1 Å². The van der Waals surface area contributed by atoms with E-state index < -0.39 is 0 Å². The standard InChI is InChI=1S/C16H17N5O2/c1-16(2-3-16)18-15(22)13-11-7-9-6-10(9)14(11)21(19-13)12-8-20(23)5-4-17-12/h4-5,8-10H,2-3,6-7H2,1H3,(H,18,22)/t9-,10-/m0/s1. The molecular weight excluding hydrogens is 294 g/mol. The monoisotopic (exact) mass is 311 g/mol. The Bertz CT molecular complexity index is 839. The van der Waals surface area contributed by atoms with Crippen LogP contribution in [0.5, 0.6) is 0 Å². The topological polar surface area (TPSA) is 86.8 Å². The molecule has 5 rings (SSSR count). The fourth-order valence-corrected chi connectivity index (χ4v) is 3.59. The van der Waals surface area contributed by atoms with E-state index in [0.717, 1.165) is 36.9 Å². The Labute approximate surface area is 132 Å². The highest BCUT2D eigenvalue weighted by Crippen LogP contribution is 2.57. The third-order valence-electron chi connectivity index (χ3n) is 5.27. The average Bonchev–Trinajstić information content (AvgIpc) is 3.35. The van der Waals surface area contributed by atoms with Crippen LogP contribution in [0.3, 0.4) is 0 Å². The summed E-state index contributed by atoms with van der Waals surface area (Å²) in [4.78, 5) is 16.9. The van der Waals surface area contributed by atoms with Gasteiger partial charge >= 0.3 is 0 Å². The van der Waals surface area contributed by atoms with Crippen molar-refractivity contribution >= 4 is 5.91 Å². The maximum absolute atomic E-state index is 12.6. The normalized spacial score (nSPS) is 25.6. The molecule has 2 heterocycles. The molecule has 23 heavy (non-hydrogen) atoms. The number of hydrogen-bond donors (Lipinski definition) is 1. The van der Waals surface area contributed by atoms with Gasteiger partial charge in [-0.3, -0.25) is 4.79 Å². The number of fused-ring (bicyclic) bond motifs is 3. The van der Waals surface area contributed by atoms with Crippen molar-refractivity contribution < 1.29 is 9.52 Å². The van der Waals surface area contributed by atoms with Crippen LogP contribution in [0.25, 0.3) is 5.82 Å². The number of hydrogen-bond acceptors (Lipinski definition) is 4. The van der Waals surface area contributed by atoms with Crippen LogP contribution < -0.4 is 10.0 Å². The smallest absolute Gasteiger partial charge is 0.272 e. The first-order chi connectivity index (χ1) is 11.0. The van der Waals surface area contributed by atoms with E-state index in [1.165, 1.54) is 18.6 Å². The second-order valence-corrected chi connectivity index (χ2v) is 7.22. The first kappa shape index (κ1) is 13.0. The molecule has 2 fully saturated rings. The molecule has 0 aromatic carbocycles. The Hall–Kier alpha value is -2.44. The van der Waals surface area contributed by atoms with Crippen LogP contribution in [0.4, 0.5) is 0 Å². The fraction of sp³-hybridized carbons (Fsp3) is 0.500. The van der Waals surface area contributed by atoms with Crippen molar-refractivity contribution in [3.63, 3.8) is 0 Å². The van der Waals surface area contributed by atoms with Gasteiger partial charge in [-0.25, -0.2) is 9.67 Å². The van der Waals surface area contributed by atoms with Crippen LogP contribution in [-0.4, -0.2) is 26.2 Å². The van der Waals surface area contributed by atoms with Gasteiger partial charge in [-0.05, 0) is 38.5 Å². The Morgan fingerprint density at radius 2 is 2.35 bits per heavy atom. The lowest BCUT2D eigenvalue weighted by atomic mass is 10.1. The van der Waals surface area contributed by atoms with Crippen molar-refractivity contribution in [1.29, 1.82) is 0 Å². The molecule has 0 unspecified atom stereocenters. The number of rotatable bonds is 3. The number of carbonyl (C=O) groups excluding carboxylic acids is 1. The predicted octanol–water partition coefficient (Wildman–Crippen LogP) is 0.843. The molecule has 7 nitrogen and oxygen atoms in total. The first-order valence-corrected chi connectivity index (χ1v) is 8.04. The van der Waals surface area contributed by atoms with Crippen LogP contribution in [0.2, 0.25) is 0 Å². The van der Waals surface area contributed by atoms with Gasteiger partial charge in [0, 0.05) is 17.0 Å². The average molecular weight is 311 g/mol. The van der Waals surface area contributed by atoms with Crippen LogP contribution >= 0.6 is 0 Å². The van der Waals surface area contributed by atoms with E-state index in [0.29, 0.717) is 28.1 Å². The highest BCUT2D eigenvalue weighted by atomic mass is 16.5. The lowest BCUT2D eigenvalue weighted by molar-refractivity contribution is -0.605. The van der Waals surface area contributed by atoms with Gasteiger partial charge in [-0.15, -0.1) is 0 Å². The lowest BCUT2D eigenvalue weighted by Crippen LogP contribution is -2.35. The zero-order valence-corrected chi connectivity index (χ0v) is 12.8. The van der Waals surface area contributed by atoms with Crippen molar-refractivity contribution in [2.45, 2.75) is 44.1 Å². The van der Waals surface area contributed by atoms with Crippen molar-refractivity contribution in [2.75, 3.05) is 0 Å². The predicted molar refractivity (Wildman–Crippen MR) is 80.0 cm³/mol. The van der Waals surface area contributed by atoms with Crippen molar-refractivity contribution in [3.8, 4) is 5.82 Å². The number of nitrogens with zero attached hydrogens (tertiary/aromatic N) is 4. The van der Waals surface area contributed by atoms with Crippen molar-refractivity contribution in [2.24, 2.45) is 5.92 Å². The molecule has 1 N–H and O–H groups in total. The summed E-state index contributed by atoms with van der Waals surface area (Å²) in [5, 5.41) is 19.2. The highest BCUT2D eigenvalue weighted by molar-refractivity contribution is 5.95. The summed E-state index contributed by atoms with van der Waals surface area (Å²) in [6, 6.07) is 0. The maximum Gasteiger partial charge on any atom is 0.272 e. The largest absolute Gasteiger partial charge is 0.619 e. The molecule has 2 atom stereocenters. The van der Waals surface area contributed by atoms with Gasteiger partial charge in [0.15, 0.2) is 11.9 Å². The molecule has 0 bridgehead atoms. The van der Waals surface area contributed by atoms with E-state index >= 15 is 0 Å². The molecule has 2 aromatic rings. The summed E-state index contributed by atoms with van der Waals surface area (Å²) in [7, 11) is 0. The van der Waals surface area contributed by atoms with Crippen LogP contribution in [-0.2, 0) is 6.42 Å². The third kappa shape index (κ3) is 1.95. The molecule has 118 valence electrons. The van der Waals surface area contributed by atoms with Crippen LogP contribution in [0.15, 0.2) is 18.6 Å². The SMILES string of the molecule is CC1(NC(=O)c2nn(-c3c[n+]([O-])ccn3)c3c2C[C@@H]2C[C@H]32)CC1. The number of nitrogens with one attached hydrogen (secondary N) is 1. The van der Waals surface area contributed by atoms with E-state index in [-0.39, 0.29) is 11.4 Å². The zero-order chi connectivity index (χ0) is 15.8. The molecular formula is C16H17N5O2. The molecule has 2 aromatic heterocycles. The maximum atomic E-state index is 12.6. The van der Waals surface area contributed by atoms with Crippen molar-refractivity contribution in [1.82, 2.24) is 20.1 Å². The zero-order valence-electron chi connectivity index (χ0n) is 12.8. The molecule has 3 aliphatic rings. The summed E-state index contributed by atoms with van der Waals surface area (Å²) in [5.41, 5.74) is 2.54. The molecule has 0 spiro atoms. The van der Waals surface area contributed by atoms with Gasteiger partial charge in [0.1, 0.15) is 0 Å². The number of carbonyl (C=O) groups is 1. The second-order valence-electron chi connectivity index (χ2n) is 7.22. The Kier molecular flexibility index (Phi) is 2.32. The third-order valence-corrected chi connectivity index (χ3v) is 5.27. The van der Waals surface area contributed by atoms with Crippen molar-refractivity contribution in [3.05, 3.63) is 40.7 Å². The fourth-order valence-electron chi connectivity index (χ4n) is 3.59. The number of aromatic nitrogens is 4.